The molecule has 0 bridgehead atoms. The second-order valence-corrected chi connectivity index (χ2v) is 10.1. The highest BCUT2D eigenvalue weighted by Gasteiger charge is 2.35. The lowest BCUT2D eigenvalue weighted by molar-refractivity contribution is -0.144. The van der Waals surface area contributed by atoms with E-state index in [1.54, 1.807) is 0 Å². The molecule has 8 heteroatoms. The standard InChI is InChI=1S/C21H31N3O4S/c1-20(2,3)16(17(25)26)24-15-11-8-7-10-14(15)23-18(24)29-13-9-12-22-19(27)28-21(4,5)6/h7-8,10-11,16H,9,12-13H2,1-6H3,(H,22,27)(H,25,26). The predicted molar refractivity (Wildman–Crippen MR) is 115 cm³/mol. The fraction of sp³-hybridized carbons (Fsp3) is 0.571. The van der Waals surface area contributed by atoms with Crippen LogP contribution in [0.5, 0.6) is 0 Å². The van der Waals surface area contributed by atoms with Crippen LogP contribution in [0.3, 0.4) is 0 Å². The number of carboxylic acid groups (broad SMARTS) is 1. The number of aromatic nitrogens is 2. The molecule has 1 unspecified atom stereocenters. The van der Waals surface area contributed by atoms with E-state index in [4.69, 9.17) is 4.74 Å². The van der Waals surface area contributed by atoms with Crippen molar-refractivity contribution in [3.63, 3.8) is 0 Å². The molecule has 1 aromatic heterocycles. The molecule has 0 aliphatic heterocycles. The molecular weight excluding hydrogens is 390 g/mol. The molecule has 0 aliphatic rings. The average Bonchev–Trinajstić information content (AvgIpc) is 2.90. The summed E-state index contributed by atoms with van der Waals surface area (Å²) < 4.78 is 7.04. The van der Waals surface area contributed by atoms with Crippen molar-refractivity contribution < 1.29 is 19.4 Å². The molecule has 160 valence electrons. The van der Waals surface area contributed by atoms with Crippen molar-refractivity contribution in [2.45, 2.75) is 64.8 Å². The number of amides is 1. The van der Waals surface area contributed by atoms with Gasteiger partial charge in [0.15, 0.2) is 5.16 Å². The van der Waals surface area contributed by atoms with Gasteiger partial charge < -0.3 is 19.7 Å². The number of carbonyl (C=O) groups excluding carboxylic acids is 1. The van der Waals surface area contributed by atoms with Crippen LogP contribution in [-0.2, 0) is 9.53 Å². The molecule has 0 fully saturated rings. The van der Waals surface area contributed by atoms with Crippen LogP contribution in [-0.4, -0.2) is 44.6 Å². The SMILES string of the molecule is CC(C)(C)OC(=O)NCCCSc1nc2ccccc2n1C(C(=O)O)C(C)(C)C. The molecule has 1 amide bonds. The van der Waals surface area contributed by atoms with Crippen LogP contribution in [0.15, 0.2) is 29.4 Å². The van der Waals surface area contributed by atoms with E-state index in [9.17, 15) is 14.7 Å². The highest BCUT2D eigenvalue weighted by Crippen LogP contribution is 2.37. The maximum Gasteiger partial charge on any atom is 0.407 e. The molecular formula is C21H31N3O4S. The maximum absolute atomic E-state index is 12.1. The first-order chi connectivity index (χ1) is 13.4. The summed E-state index contributed by atoms with van der Waals surface area (Å²) >= 11 is 1.50. The number of ether oxygens (including phenoxy) is 1. The van der Waals surface area contributed by atoms with E-state index in [1.807, 2.05) is 70.4 Å². The van der Waals surface area contributed by atoms with Crippen molar-refractivity contribution in [2.24, 2.45) is 5.41 Å². The third kappa shape index (κ3) is 6.39. The number of carboxylic acids is 1. The average molecular weight is 422 g/mol. The molecule has 0 saturated carbocycles. The van der Waals surface area contributed by atoms with Crippen molar-refractivity contribution >= 4 is 34.9 Å². The second-order valence-electron chi connectivity index (χ2n) is 8.99. The van der Waals surface area contributed by atoms with Gasteiger partial charge in [-0.1, -0.05) is 44.7 Å². The third-order valence-corrected chi connectivity index (χ3v) is 5.14. The third-order valence-electron chi connectivity index (χ3n) is 4.10. The Kier molecular flexibility index (Phi) is 7.21. The lowest BCUT2D eigenvalue weighted by Gasteiger charge is -2.29. The Bertz CT molecular complexity index is 865. The summed E-state index contributed by atoms with van der Waals surface area (Å²) in [6, 6.07) is 6.84. The van der Waals surface area contributed by atoms with Gasteiger partial charge in [0.25, 0.3) is 0 Å². The summed E-state index contributed by atoms with van der Waals surface area (Å²) in [7, 11) is 0. The van der Waals surface area contributed by atoms with Crippen LogP contribution in [0.25, 0.3) is 11.0 Å². The maximum atomic E-state index is 12.1. The number of fused-ring (bicyclic) bond motifs is 1. The van der Waals surface area contributed by atoms with Crippen LogP contribution in [0.4, 0.5) is 4.79 Å². The molecule has 1 atom stereocenters. The first-order valence-corrected chi connectivity index (χ1v) is 10.7. The Morgan fingerprint density at radius 1 is 1.21 bits per heavy atom. The van der Waals surface area contributed by atoms with Gasteiger partial charge >= 0.3 is 12.1 Å². The summed E-state index contributed by atoms with van der Waals surface area (Å²) in [5.74, 6) is -0.190. The minimum Gasteiger partial charge on any atom is -0.480 e. The van der Waals surface area contributed by atoms with Crippen molar-refractivity contribution in [1.29, 1.82) is 0 Å². The summed E-state index contributed by atoms with van der Waals surface area (Å²) in [6.07, 6.45) is 0.272. The molecule has 0 saturated heterocycles. The van der Waals surface area contributed by atoms with Gasteiger partial charge in [0.2, 0.25) is 0 Å². The molecule has 29 heavy (non-hydrogen) atoms. The zero-order chi connectivity index (χ0) is 21.8. The highest BCUT2D eigenvalue weighted by atomic mass is 32.2. The number of nitrogens with one attached hydrogen (secondary N) is 1. The van der Waals surface area contributed by atoms with Gasteiger partial charge in [0.1, 0.15) is 11.6 Å². The zero-order valence-electron chi connectivity index (χ0n) is 18.0. The fourth-order valence-electron chi connectivity index (χ4n) is 2.98. The topological polar surface area (TPSA) is 93.5 Å². The van der Waals surface area contributed by atoms with Crippen molar-refractivity contribution in [3.8, 4) is 0 Å². The first kappa shape index (κ1) is 23.1. The molecule has 1 aromatic carbocycles. The van der Waals surface area contributed by atoms with Gasteiger partial charge in [-0.05, 0) is 44.7 Å². The number of rotatable bonds is 7. The second kappa shape index (κ2) is 9.07. The number of thioether (sulfide) groups is 1. The Labute approximate surface area is 176 Å². The van der Waals surface area contributed by atoms with Gasteiger partial charge in [-0.2, -0.15) is 0 Å². The number of nitrogens with zero attached hydrogens (tertiary/aromatic N) is 2. The van der Waals surface area contributed by atoms with E-state index in [-0.39, 0.29) is 0 Å². The van der Waals surface area contributed by atoms with E-state index in [0.717, 1.165) is 11.0 Å². The van der Waals surface area contributed by atoms with Crippen molar-refractivity contribution in [1.82, 2.24) is 14.9 Å². The first-order valence-electron chi connectivity index (χ1n) is 9.69. The minimum absolute atomic E-state index is 0.437. The Hall–Kier alpha value is -2.22. The van der Waals surface area contributed by atoms with Gasteiger partial charge in [0.05, 0.1) is 11.0 Å². The van der Waals surface area contributed by atoms with Crippen LogP contribution >= 0.6 is 11.8 Å². The molecule has 2 rings (SSSR count). The van der Waals surface area contributed by atoms with Gasteiger partial charge in [-0.3, -0.25) is 0 Å². The van der Waals surface area contributed by atoms with E-state index in [0.29, 0.717) is 23.9 Å². The van der Waals surface area contributed by atoms with Gasteiger partial charge in [-0.15, -0.1) is 0 Å². The molecule has 1 heterocycles. The van der Waals surface area contributed by atoms with E-state index < -0.39 is 29.1 Å². The number of carbonyl (C=O) groups is 2. The molecule has 2 aromatic rings. The van der Waals surface area contributed by atoms with Crippen LogP contribution in [0, 0.1) is 5.41 Å². The predicted octanol–water partition coefficient (Wildman–Crippen LogP) is 4.72. The minimum atomic E-state index is -0.880. The summed E-state index contributed by atoms with van der Waals surface area (Å²) in [6.45, 7) is 11.7. The molecule has 7 nitrogen and oxygen atoms in total. The lowest BCUT2D eigenvalue weighted by atomic mass is 9.86. The van der Waals surface area contributed by atoms with Crippen molar-refractivity contribution in [3.05, 3.63) is 24.3 Å². The monoisotopic (exact) mass is 421 g/mol. The number of imidazole rings is 1. The summed E-state index contributed by atoms with van der Waals surface area (Å²) in [4.78, 5) is 28.5. The van der Waals surface area contributed by atoms with E-state index in [2.05, 4.69) is 10.3 Å². The Balaban J connectivity index is 2.11. The van der Waals surface area contributed by atoms with E-state index in [1.165, 1.54) is 11.8 Å². The van der Waals surface area contributed by atoms with Crippen LogP contribution in [0.2, 0.25) is 0 Å². The van der Waals surface area contributed by atoms with Crippen molar-refractivity contribution in [2.75, 3.05) is 12.3 Å². The normalized spacial score (nSPS) is 13.3. The van der Waals surface area contributed by atoms with Crippen LogP contribution in [0.1, 0.15) is 54.0 Å². The van der Waals surface area contributed by atoms with Crippen LogP contribution < -0.4 is 5.32 Å². The molecule has 0 radical (unpaired) electrons. The zero-order valence-corrected chi connectivity index (χ0v) is 18.8. The summed E-state index contributed by atoms with van der Waals surface area (Å²) in [5.41, 5.74) is 0.576. The number of aliphatic carboxylic acids is 1. The fourth-order valence-corrected chi connectivity index (χ4v) is 3.96. The largest absolute Gasteiger partial charge is 0.480 e. The molecule has 2 N–H and O–H groups in total. The Morgan fingerprint density at radius 2 is 1.86 bits per heavy atom. The Morgan fingerprint density at radius 3 is 2.45 bits per heavy atom. The number of benzene rings is 1. The number of alkyl carbamates (subject to hydrolysis) is 1. The van der Waals surface area contributed by atoms with Gasteiger partial charge in [-0.25, -0.2) is 14.6 Å². The molecule has 0 spiro atoms. The molecule has 0 aliphatic carbocycles. The summed E-state index contributed by atoms with van der Waals surface area (Å²) in [5, 5.41) is 13.3. The van der Waals surface area contributed by atoms with Gasteiger partial charge in [0, 0.05) is 12.3 Å². The smallest absolute Gasteiger partial charge is 0.407 e. The number of para-hydroxylation sites is 2. The number of hydrogen-bond acceptors (Lipinski definition) is 5. The number of hydrogen-bond donors (Lipinski definition) is 2. The van der Waals surface area contributed by atoms with E-state index >= 15 is 0 Å². The quantitative estimate of drug-likeness (QED) is 0.496. The highest BCUT2D eigenvalue weighted by molar-refractivity contribution is 7.99. The lowest BCUT2D eigenvalue weighted by Crippen LogP contribution is -2.33.